The molecule has 1 aliphatic heterocycles. The van der Waals surface area contributed by atoms with Crippen LogP contribution in [0, 0.1) is 0 Å². The lowest BCUT2D eigenvalue weighted by Gasteiger charge is -2.41. The van der Waals surface area contributed by atoms with Crippen LogP contribution < -0.4 is 0 Å². The van der Waals surface area contributed by atoms with Crippen LogP contribution >= 0.6 is 11.6 Å². The van der Waals surface area contributed by atoms with Gasteiger partial charge in [0.25, 0.3) is 0 Å². The fourth-order valence-corrected chi connectivity index (χ4v) is 4.29. The lowest BCUT2D eigenvalue weighted by atomic mass is 9.87. The second kappa shape index (κ2) is 12.4. The van der Waals surface area contributed by atoms with Gasteiger partial charge in [-0.05, 0) is 46.7 Å². The predicted octanol–water partition coefficient (Wildman–Crippen LogP) is 0.878. The van der Waals surface area contributed by atoms with Gasteiger partial charge in [0, 0.05) is 5.02 Å². The Hall–Kier alpha value is -1.59. The minimum atomic E-state index is -1.53. The predicted molar refractivity (Wildman–Crippen MR) is 126 cm³/mol. The summed E-state index contributed by atoms with van der Waals surface area (Å²) in [5.41, 5.74) is 4.05. The van der Waals surface area contributed by atoms with Crippen molar-refractivity contribution in [3.63, 3.8) is 0 Å². The minimum Gasteiger partial charge on any atom is -0.394 e. The Morgan fingerprint density at radius 1 is 0.971 bits per heavy atom. The smallest absolute Gasteiger partial charge is 0.113 e. The van der Waals surface area contributed by atoms with Crippen molar-refractivity contribution in [3.05, 3.63) is 69.2 Å². The first kappa shape index (κ1) is 27.0. The van der Waals surface area contributed by atoms with Crippen molar-refractivity contribution in [2.24, 2.45) is 0 Å². The van der Waals surface area contributed by atoms with Gasteiger partial charge in [0.05, 0.1) is 26.4 Å². The molecule has 1 heterocycles. The molecule has 3 rings (SSSR count). The van der Waals surface area contributed by atoms with E-state index in [1.54, 1.807) is 12.1 Å². The van der Waals surface area contributed by atoms with Crippen LogP contribution in [0.25, 0.3) is 0 Å². The SMILES string of the molecule is CCc1ccc(Cc2cc(C3O[C@H](CO)[C@@H](O)[C@H](O)C3O)c(COCC(O)CO)cc2Cl)cc1. The van der Waals surface area contributed by atoms with Crippen molar-refractivity contribution in [2.45, 2.75) is 63.0 Å². The molecule has 0 aliphatic carbocycles. The summed E-state index contributed by atoms with van der Waals surface area (Å²) in [7, 11) is 0. The third kappa shape index (κ3) is 6.34. The highest BCUT2D eigenvalue weighted by molar-refractivity contribution is 6.31. The second-order valence-electron chi connectivity index (χ2n) is 8.59. The summed E-state index contributed by atoms with van der Waals surface area (Å²) < 4.78 is 11.3. The van der Waals surface area contributed by atoms with E-state index in [0.717, 1.165) is 17.5 Å². The number of benzene rings is 2. The van der Waals surface area contributed by atoms with Gasteiger partial charge in [-0.3, -0.25) is 0 Å². The molecule has 9 heteroatoms. The van der Waals surface area contributed by atoms with Gasteiger partial charge in [0.2, 0.25) is 0 Å². The van der Waals surface area contributed by atoms with E-state index < -0.39 is 49.8 Å². The van der Waals surface area contributed by atoms with Crippen molar-refractivity contribution in [3.8, 4) is 0 Å². The molecule has 0 bridgehead atoms. The van der Waals surface area contributed by atoms with E-state index in [2.05, 4.69) is 19.1 Å². The topological polar surface area (TPSA) is 140 Å². The maximum absolute atomic E-state index is 10.7. The summed E-state index contributed by atoms with van der Waals surface area (Å²) in [4.78, 5) is 0. The molecule has 0 spiro atoms. The average molecular weight is 497 g/mol. The van der Waals surface area contributed by atoms with Crippen LogP contribution in [-0.2, 0) is 28.9 Å². The van der Waals surface area contributed by atoms with Crippen molar-refractivity contribution in [1.29, 1.82) is 0 Å². The van der Waals surface area contributed by atoms with E-state index in [4.69, 9.17) is 26.2 Å². The van der Waals surface area contributed by atoms with Crippen LogP contribution in [0.4, 0.5) is 0 Å². The number of hydrogen-bond donors (Lipinski definition) is 6. The van der Waals surface area contributed by atoms with E-state index in [9.17, 15) is 25.5 Å². The second-order valence-corrected chi connectivity index (χ2v) is 9.00. The molecule has 6 atom stereocenters. The lowest BCUT2D eigenvalue weighted by Crippen LogP contribution is -2.55. The molecule has 0 saturated carbocycles. The highest BCUT2D eigenvalue weighted by Crippen LogP contribution is 2.37. The van der Waals surface area contributed by atoms with Crippen LogP contribution in [0.2, 0.25) is 5.02 Å². The molecule has 0 radical (unpaired) electrons. The summed E-state index contributed by atoms with van der Waals surface area (Å²) in [5.74, 6) is 0. The number of aliphatic hydroxyl groups is 6. The van der Waals surface area contributed by atoms with Crippen molar-refractivity contribution in [1.82, 2.24) is 0 Å². The Bertz CT molecular complexity index is 920. The Labute approximate surface area is 204 Å². The molecule has 34 heavy (non-hydrogen) atoms. The number of aliphatic hydroxyl groups excluding tert-OH is 6. The first-order valence-electron chi connectivity index (χ1n) is 11.3. The van der Waals surface area contributed by atoms with Gasteiger partial charge in [-0.15, -0.1) is 0 Å². The average Bonchev–Trinajstić information content (AvgIpc) is 2.85. The van der Waals surface area contributed by atoms with Gasteiger partial charge in [0.1, 0.15) is 36.6 Å². The first-order valence-corrected chi connectivity index (χ1v) is 11.7. The van der Waals surface area contributed by atoms with Crippen molar-refractivity contribution >= 4 is 11.6 Å². The van der Waals surface area contributed by atoms with E-state index >= 15 is 0 Å². The Kier molecular flexibility index (Phi) is 9.84. The van der Waals surface area contributed by atoms with E-state index in [0.29, 0.717) is 22.6 Å². The molecule has 1 aliphatic rings. The van der Waals surface area contributed by atoms with Crippen LogP contribution in [0.1, 0.15) is 40.8 Å². The summed E-state index contributed by atoms with van der Waals surface area (Å²) in [5, 5.41) is 59.8. The maximum atomic E-state index is 10.7. The molecule has 0 amide bonds. The van der Waals surface area contributed by atoms with Crippen molar-refractivity contribution < 1.29 is 40.1 Å². The monoisotopic (exact) mass is 496 g/mol. The van der Waals surface area contributed by atoms with Gasteiger partial charge in [-0.25, -0.2) is 0 Å². The third-order valence-corrected chi connectivity index (χ3v) is 6.46. The largest absolute Gasteiger partial charge is 0.394 e. The molecule has 2 aromatic rings. The number of rotatable bonds is 10. The van der Waals surface area contributed by atoms with Crippen LogP contribution in [0.3, 0.4) is 0 Å². The lowest BCUT2D eigenvalue weighted by molar-refractivity contribution is -0.232. The van der Waals surface area contributed by atoms with Crippen molar-refractivity contribution in [2.75, 3.05) is 19.8 Å². The summed E-state index contributed by atoms with van der Waals surface area (Å²) in [6, 6.07) is 11.6. The molecule has 6 N–H and O–H groups in total. The number of halogens is 1. The highest BCUT2D eigenvalue weighted by Gasteiger charge is 2.44. The van der Waals surface area contributed by atoms with Gasteiger partial charge in [-0.2, -0.15) is 0 Å². The van der Waals surface area contributed by atoms with E-state index in [-0.39, 0.29) is 13.2 Å². The van der Waals surface area contributed by atoms with Crippen LogP contribution in [0.5, 0.6) is 0 Å². The van der Waals surface area contributed by atoms with Gasteiger partial charge < -0.3 is 40.1 Å². The fraction of sp³-hybridized carbons (Fsp3) is 0.520. The zero-order valence-electron chi connectivity index (χ0n) is 19.0. The highest BCUT2D eigenvalue weighted by atomic mass is 35.5. The minimum absolute atomic E-state index is 0.00733. The molecule has 1 fully saturated rings. The van der Waals surface area contributed by atoms with E-state index in [1.807, 2.05) is 12.1 Å². The zero-order valence-corrected chi connectivity index (χ0v) is 19.8. The molecule has 188 valence electrons. The van der Waals surface area contributed by atoms with Gasteiger partial charge in [0.15, 0.2) is 0 Å². The number of hydrogen-bond acceptors (Lipinski definition) is 8. The summed E-state index contributed by atoms with van der Waals surface area (Å²) >= 11 is 6.58. The van der Waals surface area contributed by atoms with Crippen LogP contribution in [0.15, 0.2) is 36.4 Å². The number of ether oxygens (including phenoxy) is 2. The summed E-state index contributed by atoms with van der Waals surface area (Å²) in [6.45, 7) is 0.968. The quantitative estimate of drug-likeness (QED) is 0.285. The Morgan fingerprint density at radius 2 is 1.65 bits per heavy atom. The Morgan fingerprint density at radius 3 is 2.26 bits per heavy atom. The molecule has 1 saturated heterocycles. The molecule has 2 aromatic carbocycles. The maximum Gasteiger partial charge on any atom is 0.113 e. The van der Waals surface area contributed by atoms with Gasteiger partial charge in [-0.1, -0.05) is 48.9 Å². The standard InChI is InChI=1S/C25H33ClO8/c1-2-14-3-5-15(6-4-14)7-16-8-19(17(9-20(16)26)12-33-13-18(29)10-27)25-24(32)23(31)22(30)21(11-28)34-25/h3-6,8-9,18,21-25,27-32H,2,7,10-13H2,1H3/t18?,21-,22-,23+,24?,25?/m1/s1. The molecular formula is C25H33ClO8. The molecule has 8 nitrogen and oxygen atoms in total. The number of aryl methyl sites for hydroxylation is 1. The Balaban J connectivity index is 1.95. The normalized spacial score (nSPS) is 25.9. The molecule has 3 unspecified atom stereocenters. The first-order chi connectivity index (χ1) is 16.3. The van der Waals surface area contributed by atoms with Gasteiger partial charge >= 0.3 is 0 Å². The zero-order chi connectivity index (χ0) is 24.8. The molecule has 0 aromatic heterocycles. The van der Waals surface area contributed by atoms with Crippen LogP contribution in [-0.4, -0.2) is 81.0 Å². The third-order valence-electron chi connectivity index (χ3n) is 6.11. The van der Waals surface area contributed by atoms with E-state index in [1.165, 1.54) is 5.56 Å². The summed E-state index contributed by atoms with van der Waals surface area (Å²) in [6.07, 6.45) is -6.18. The molecular weight excluding hydrogens is 464 g/mol. The fourth-order valence-electron chi connectivity index (χ4n) is 4.03.